The predicted octanol–water partition coefficient (Wildman–Crippen LogP) is 2.23. The molecule has 1 heterocycles. The van der Waals surface area contributed by atoms with Crippen LogP contribution in [0.1, 0.15) is 42.6 Å². The minimum absolute atomic E-state index is 0.0628. The van der Waals surface area contributed by atoms with E-state index in [1.165, 1.54) is 36.9 Å². The van der Waals surface area contributed by atoms with E-state index in [9.17, 15) is 0 Å². The van der Waals surface area contributed by atoms with Gasteiger partial charge < -0.3 is 5.11 Å². The highest BCUT2D eigenvalue weighted by molar-refractivity contribution is 5.23. The average Bonchev–Trinajstić information content (AvgIpc) is 2.18. The predicted molar refractivity (Wildman–Crippen MR) is 56.0 cm³/mol. The van der Waals surface area contributed by atoms with Crippen molar-refractivity contribution in [1.29, 1.82) is 0 Å². The third-order valence-electron chi connectivity index (χ3n) is 2.90. The van der Waals surface area contributed by atoms with Gasteiger partial charge in [0.1, 0.15) is 0 Å². The minimum atomic E-state index is 0.0628. The molecule has 1 aliphatic rings. The lowest BCUT2D eigenvalue weighted by Crippen LogP contribution is -2.04. The van der Waals surface area contributed by atoms with Gasteiger partial charge in [0.15, 0.2) is 0 Å². The van der Waals surface area contributed by atoms with Crippen LogP contribution in [0, 0.1) is 0 Å². The van der Waals surface area contributed by atoms with Gasteiger partial charge in [-0.2, -0.15) is 0 Å². The summed E-state index contributed by atoms with van der Waals surface area (Å²) in [6, 6.07) is 4.08. The van der Waals surface area contributed by atoms with Gasteiger partial charge in [0, 0.05) is 5.69 Å². The largest absolute Gasteiger partial charge is 0.390 e. The van der Waals surface area contributed by atoms with Crippen molar-refractivity contribution in [2.24, 2.45) is 0 Å². The van der Waals surface area contributed by atoms with Crippen LogP contribution in [0.3, 0.4) is 0 Å². The normalized spacial score (nSPS) is 16.9. The van der Waals surface area contributed by atoms with Crippen molar-refractivity contribution < 1.29 is 5.11 Å². The summed E-state index contributed by atoms with van der Waals surface area (Å²) in [5.74, 6) is 0. The summed E-state index contributed by atoms with van der Waals surface area (Å²) < 4.78 is 0. The average molecular weight is 191 g/mol. The number of fused-ring (bicyclic) bond motifs is 1. The third-order valence-corrected chi connectivity index (χ3v) is 2.90. The second-order valence-electron chi connectivity index (χ2n) is 3.98. The molecule has 1 N–H and O–H groups in total. The van der Waals surface area contributed by atoms with Crippen molar-refractivity contribution in [2.45, 2.75) is 45.1 Å². The standard InChI is InChI=1S/C12H17NO/c14-9-11-8-7-10-5-3-1-2-4-6-12(10)13-11/h7-8,14H,1-6,9H2. The first-order valence-corrected chi connectivity index (χ1v) is 5.48. The number of hydrogen-bond acceptors (Lipinski definition) is 2. The third kappa shape index (κ3) is 2.13. The van der Waals surface area contributed by atoms with Crippen LogP contribution in [0.25, 0.3) is 0 Å². The maximum absolute atomic E-state index is 9.00. The Bertz CT molecular complexity index is 309. The molecule has 0 aromatic carbocycles. The van der Waals surface area contributed by atoms with Gasteiger partial charge in [-0.3, -0.25) is 4.98 Å². The topological polar surface area (TPSA) is 33.1 Å². The zero-order valence-electron chi connectivity index (χ0n) is 8.50. The molecule has 0 radical (unpaired) electrons. The molecular formula is C12H17NO. The summed E-state index contributed by atoms with van der Waals surface area (Å²) in [6.45, 7) is 0.0628. The van der Waals surface area contributed by atoms with E-state index in [4.69, 9.17) is 5.11 Å². The molecule has 0 saturated heterocycles. The number of nitrogens with zero attached hydrogens (tertiary/aromatic N) is 1. The van der Waals surface area contributed by atoms with Crippen LogP contribution in [0.4, 0.5) is 0 Å². The van der Waals surface area contributed by atoms with E-state index in [0.29, 0.717) is 0 Å². The van der Waals surface area contributed by atoms with E-state index in [1.807, 2.05) is 6.07 Å². The van der Waals surface area contributed by atoms with Crippen molar-refractivity contribution in [3.05, 3.63) is 29.1 Å². The highest BCUT2D eigenvalue weighted by atomic mass is 16.3. The Kier molecular flexibility index (Phi) is 3.14. The Morgan fingerprint density at radius 2 is 1.86 bits per heavy atom. The second-order valence-corrected chi connectivity index (χ2v) is 3.98. The number of rotatable bonds is 1. The molecule has 76 valence electrons. The van der Waals surface area contributed by atoms with Crippen molar-refractivity contribution in [1.82, 2.24) is 4.98 Å². The Labute approximate surface area is 85.0 Å². The van der Waals surface area contributed by atoms with Crippen LogP contribution in [0.15, 0.2) is 12.1 Å². The number of hydrogen-bond donors (Lipinski definition) is 1. The molecule has 0 aliphatic heterocycles. The number of aromatic nitrogens is 1. The van der Waals surface area contributed by atoms with Crippen LogP contribution in [0.2, 0.25) is 0 Å². The van der Waals surface area contributed by atoms with Crippen LogP contribution in [-0.2, 0) is 19.4 Å². The number of aryl methyl sites for hydroxylation is 2. The van der Waals surface area contributed by atoms with Gasteiger partial charge in [-0.05, 0) is 37.3 Å². The van der Waals surface area contributed by atoms with Gasteiger partial charge in [0.05, 0.1) is 12.3 Å². The molecule has 2 heteroatoms. The van der Waals surface area contributed by atoms with Gasteiger partial charge >= 0.3 is 0 Å². The Balaban J connectivity index is 2.26. The Morgan fingerprint density at radius 3 is 2.64 bits per heavy atom. The molecule has 2 nitrogen and oxygen atoms in total. The smallest absolute Gasteiger partial charge is 0.0853 e. The fourth-order valence-corrected chi connectivity index (χ4v) is 2.07. The first-order valence-electron chi connectivity index (χ1n) is 5.48. The highest BCUT2D eigenvalue weighted by Crippen LogP contribution is 2.18. The van der Waals surface area contributed by atoms with Gasteiger partial charge in [-0.15, -0.1) is 0 Å². The summed E-state index contributed by atoms with van der Waals surface area (Å²) in [4.78, 5) is 4.48. The zero-order valence-corrected chi connectivity index (χ0v) is 8.50. The molecule has 1 aromatic heterocycles. The SMILES string of the molecule is OCc1ccc2c(n1)CCCCCC2. The molecule has 1 aromatic rings. The summed E-state index contributed by atoms with van der Waals surface area (Å²) in [5, 5.41) is 9.00. The van der Waals surface area contributed by atoms with E-state index < -0.39 is 0 Å². The molecule has 0 bridgehead atoms. The molecule has 0 atom stereocenters. The molecule has 0 amide bonds. The molecule has 0 unspecified atom stereocenters. The van der Waals surface area contributed by atoms with E-state index in [2.05, 4.69) is 11.1 Å². The van der Waals surface area contributed by atoms with Crippen molar-refractivity contribution in [3.63, 3.8) is 0 Å². The highest BCUT2D eigenvalue weighted by Gasteiger charge is 2.08. The van der Waals surface area contributed by atoms with Crippen molar-refractivity contribution >= 4 is 0 Å². The monoisotopic (exact) mass is 191 g/mol. The first kappa shape index (κ1) is 9.66. The van der Waals surface area contributed by atoms with Crippen LogP contribution in [-0.4, -0.2) is 10.1 Å². The maximum Gasteiger partial charge on any atom is 0.0853 e. The molecular weight excluding hydrogens is 174 g/mol. The maximum atomic E-state index is 9.00. The van der Waals surface area contributed by atoms with Gasteiger partial charge in [-0.1, -0.05) is 18.9 Å². The van der Waals surface area contributed by atoms with Crippen molar-refractivity contribution in [2.75, 3.05) is 0 Å². The van der Waals surface area contributed by atoms with Crippen molar-refractivity contribution in [3.8, 4) is 0 Å². The molecule has 0 spiro atoms. The van der Waals surface area contributed by atoms with Gasteiger partial charge in [0.2, 0.25) is 0 Å². The lowest BCUT2D eigenvalue weighted by atomic mass is 9.97. The molecule has 2 rings (SSSR count). The summed E-state index contributed by atoms with van der Waals surface area (Å²) in [5.41, 5.74) is 3.42. The molecule has 1 aliphatic carbocycles. The number of aliphatic hydroxyl groups is 1. The van der Waals surface area contributed by atoms with E-state index in [0.717, 1.165) is 18.5 Å². The summed E-state index contributed by atoms with van der Waals surface area (Å²) in [6.07, 6.45) is 7.45. The van der Waals surface area contributed by atoms with E-state index in [-0.39, 0.29) is 6.61 Å². The number of aliphatic hydroxyl groups excluding tert-OH is 1. The Morgan fingerprint density at radius 1 is 1.07 bits per heavy atom. The minimum Gasteiger partial charge on any atom is -0.390 e. The Hall–Kier alpha value is -0.890. The van der Waals surface area contributed by atoms with E-state index >= 15 is 0 Å². The first-order chi connectivity index (χ1) is 6.90. The fraction of sp³-hybridized carbons (Fsp3) is 0.583. The zero-order chi connectivity index (χ0) is 9.80. The van der Waals surface area contributed by atoms with Gasteiger partial charge in [0.25, 0.3) is 0 Å². The summed E-state index contributed by atoms with van der Waals surface area (Å²) >= 11 is 0. The molecule has 0 saturated carbocycles. The number of pyridine rings is 1. The summed E-state index contributed by atoms with van der Waals surface area (Å²) in [7, 11) is 0. The van der Waals surface area contributed by atoms with Crippen LogP contribution in [0.5, 0.6) is 0 Å². The van der Waals surface area contributed by atoms with Crippen LogP contribution >= 0.6 is 0 Å². The quantitative estimate of drug-likeness (QED) is 0.738. The fourth-order valence-electron chi connectivity index (χ4n) is 2.07. The second kappa shape index (κ2) is 4.56. The van der Waals surface area contributed by atoms with Gasteiger partial charge in [-0.25, -0.2) is 0 Å². The lowest BCUT2D eigenvalue weighted by Gasteiger charge is -2.13. The lowest BCUT2D eigenvalue weighted by molar-refractivity contribution is 0.276. The molecule has 0 fully saturated rings. The molecule has 14 heavy (non-hydrogen) atoms. The van der Waals surface area contributed by atoms with Crippen LogP contribution < -0.4 is 0 Å². The van der Waals surface area contributed by atoms with E-state index in [1.54, 1.807) is 0 Å².